The Morgan fingerprint density at radius 3 is 3.27 bits per heavy atom. The van der Waals surface area contributed by atoms with Crippen LogP contribution >= 0.6 is 11.6 Å². The van der Waals surface area contributed by atoms with Gasteiger partial charge in [0.25, 0.3) is 0 Å². The van der Waals surface area contributed by atoms with Crippen molar-refractivity contribution >= 4 is 23.5 Å². The SMILES string of the molecule is O=C1NC2=NC(Cl)NCC2N1. The van der Waals surface area contributed by atoms with Crippen LogP contribution in [0.15, 0.2) is 4.99 Å². The average molecular weight is 175 g/mol. The van der Waals surface area contributed by atoms with Crippen molar-refractivity contribution < 1.29 is 4.79 Å². The molecule has 2 aliphatic rings. The predicted molar refractivity (Wildman–Crippen MR) is 40.5 cm³/mol. The zero-order valence-electron chi connectivity index (χ0n) is 5.60. The molecule has 1 fully saturated rings. The van der Waals surface area contributed by atoms with E-state index < -0.39 is 5.62 Å². The van der Waals surface area contributed by atoms with Gasteiger partial charge in [-0.1, -0.05) is 11.6 Å². The average Bonchev–Trinajstić information content (AvgIpc) is 2.27. The van der Waals surface area contributed by atoms with Crippen LogP contribution in [0.25, 0.3) is 0 Å². The molecule has 0 spiro atoms. The van der Waals surface area contributed by atoms with Crippen LogP contribution in [0, 0.1) is 0 Å². The molecule has 3 N–H and O–H groups in total. The molecule has 0 bridgehead atoms. The molecule has 60 valence electrons. The first kappa shape index (κ1) is 6.87. The number of amidine groups is 1. The molecule has 2 aliphatic heterocycles. The van der Waals surface area contributed by atoms with Crippen LogP contribution in [0.2, 0.25) is 0 Å². The summed E-state index contributed by atoms with van der Waals surface area (Å²) in [4.78, 5) is 14.7. The molecule has 2 heterocycles. The van der Waals surface area contributed by atoms with Crippen LogP contribution in [0.4, 0.5) is 4.79 Å². The molecule has 0 aromatic heterocycles. The Morgan fingerprint density at radius 1 is 1.64 bits per heavy atom. The summed E-state index contributed by atoms with van der Waals surface area (Å²) in [7, 11) is 0. The van der Waals surface area contributed by atoms with E-state index in [2.05, 4.69) is 20.9 Å². The Hall–Kier alpha value is -0.810. The molecule has 6 heteroatoms. The Bertz CT molecular complexity index is 229. The van der Waals surface area contributed by atoms with Crippen molar-refractivity contribution in [3.8, 4) is 0 Å². The van der Waals surface area contributed by atoms with Crippen molar-refractivity contribution in [2.45, 2.75) is 11.7 Å². The standard InChI is InChI=1S/C5H7ClN4O/c6-4-7-1-2-3(9-4)10-5(11)8-2/h2,4,7H,1H2,(H2,8,9,10,11). The summed E-state index contributed by atoms with van der Waals surface area (Å²) in [6.45, 7) is 0.631. The van der Waals surface area contributed by atoms with E-state index in [-0.39, 0.29) is 12.1 Å². The van der Waals surface area contributed by atoms with Gasteiger partial charge in [0.1, 0.15) is 11.9 Å². The number of hydrogen-bond acceptors (Lipinski definition) is 3. The quantitative estimate of drug-likeness (QED) is 0.332. The van der Waals surface area contributed by atoms with Gasteiger partial charge in [-0.2, -0.15) is 0 Å². The lowest BCUT2D eigenvalue weighted by atomic mass is 10.3. The molecule has 0 saturated carbocycles. The highest BCUT2D eigenvalue weighted by Crippen LogP contribution is 2.05. The van der Waals surface area contributed by atoms with Gasteiger partial charge in [0.05, 0.1) is 0 Å². The van der Waals surface area contributed by atoms with Crippen molar-refractivity contribution in [2.75, 3.05) is 6.54 Å². The first-order valence-corrected chi connectivity index (χ1v) is 3.72. The number of aliphatic imine (C=N–C) groups is 1. The number of nitrogens with zero attached hydrogens (tertiary/aromatic N) is 1. The van der Waals surface area contributed by atoms with Crippen molar-refractivity contribution in [2.24, 2.45) is 4.99 Å². The number of fused-ring (bicyclic) bond motifs is 1. The summed E-state index contributed by atoms with van der Waals surface area (Å²) in [5.74, 6) is 0.633. The fourth-order valence-electron chi connectivity index (χ4n) is 1.12. The zero-order chi connectivity index (χ0) is 7.84. The van der Waals surface area contributed by atoms with Crippen LogP contribution < -0.4 is 16.0 Å². The maximum atomic E-state index is 10.7. The molecule has 2 atom stereocenters. The summed E-state index contributed by atoms with van der Waals surface area (Å²) in [6.07, 6.45) is 0. The van der Waals surface area contributed by atoms with Crippen LogP contribution in [0.5, 0.6) is 0 Å². The highest BCUT2D eigenvalue weighted by Gasteiger charge is 2.31. The minimum atomic E-state index is -0.415. The van der Waals surface area contributed by atoms with E-state index in [0.29, 0.717) is 12.4 Å². The Morgan fingerprint density at radius 2 is 2.45 bits per heavy atom. The smallest absolute Gasteiger partial charge is 0.320 e. The number of urea groups is 1. The van der Waals surface area contributed by atoms with Crippen LogP contribution in [-0.2, 0) is 0 Å². The first-order valence-electron chi connectivity index (χ1n) is 3.28. The summed E-state index contributed by atoms with van der Waals surface area (Å²) in [5, 5.41) is 8.13. The number of amides is 2. The molecule has 2 unspecified atom stereocenters. The molecule has 0 aromatic rings. The fourth-order valence-corrected chi connectivity index (χ4v) is 1.31. The van der Waals surface area contributed by atoms with E-state index in [1.165, 1.54) is 0 Å². The second-order valence-electron chi connectivity index (χ2n) is 2.41. The molecular weight excluding hydrogens is 168 g/mol. The summed E-state index contributed by atoms with van der Waals surface area (Å²) < 4.78 is 0. The lowest BCUT2D eigenvalue weighted by molar-refractivity contribution is 0.248. The highest BCUT2D eigenvalue weighted by atomic mass is 35.5. The first-order chi connectivity index (χ1) is 5.25. The third-order valence-electron chi connectivity index (χ3n) is 1.62. The summed E-state index contributed by atoms with van der Waals surface area (Å²) in [6, 6.07) is -0.237. The predicted octanol–water partition coefficient (Wildman–Crippen LogP) is -0.808. The third kappa shape index (κ3) is 1.17. The lowest BCUT2D eigenvalue weighted by Crippen LogP contribution is -2.46. The second-order valence-corrected chi connectivity index (χ2v) is 2.82. The Labute approximate surface area is 68.2 Å². The van der Waals surface area contributed by atoms with Gasteiger partial charge >= 0.3 is 6.03 Å². The van der Waals surface area contributed by atoms with Crippen molar-refractivity contribution in [1.82, 2.24) is 16.0 Å². The summed E-state index contributed by atoms with van der Waals surface area (Å²) in [5.41, 5.74) is -0.415. The third-order valence-corrected chi connectivity index (χ3v) is 1.87. The monoisotopic (exact) mass is 174 g/mol. The molecule has 2 rings (SSSR count). The van der Waals surface area contributed by atoms with Crippen molar-refractivity contribution in [1.29, 1.82) is 0 Å². The van der Waals surface area contributed by atoms with Gasteiger partial charge in [0.2, 0.25) is 0 Å². The molecular formula is C5H7ClN4O. The zero-order valence-corrected chi connectivity index (χ0v) is 6.35. The van der Waals surface area contributed by atoms with Gasteiger partial charge in [-0.15, -0.1) is 0 Å². The van der Waals surface area contributed by atoms with Crippen molar-refractivity contribution in [3.05, 3.63) is 0 Å². The molecule has 0 aliphatic carbocycles. The van der Waals surface area contributed by atoms with Crippen LogP contribution in [0.1, 0.15) is 0 Å². The van der Waals surface area contributed by atoms with Gasteiger partial charge in [-0.3, -0.25) is 10.6 Å². The topological polar surface area (TPSA) is 65.5 Å². The molecule has 0 radical (unpaired) electrons. The number of hydrogen-bond donors (Lipinski definition) is 3. The van der Waals surface area contributed by atoms with Crippen molar-refractivity contribution in [3.63, 3.8) is 0 Å². The Balaban J connectivity index is 2.20. The number of halogens is 1. The van der Waals surface area contributed by atoms with Gasteiger partial charge in [-0.25, -0.2) is 9.79 Å². The minimum absolute atomic E-state index is 0.0301. The lowest BCUT2D eigenvalue weighted by Gasteiger charge is -2.18. The Kier molecular flexibility index (Phi) is 1.47. The number of rotatable bonds is 0. The maximum absolute atomic E-state index is 10.7. The van der Waals surface area contributed by atoms with E-state index in [4.69, 9.17) is 11.6 Å². The molecule has 11 heavy (non-hydrogen) atoms. The highest BCUT2D eigenvalue weighted by molar-refractivity contribution is 6.21. The number of carbonyl (C=O) groups excluding carboxylic acids is 1. The van der Waals surface area contributed by atoms with Crippen LogP contribution in [-0.4, -0.2) is 30.1 Å². The fraction of sp³-hybridized carbons (Fsp3) is 0.600. The molecule has 5 nitrogen and oxygen atoms in total. The van der Waals surface area contributed by atoms with E-state index >= 15 is 0 Å². The summed E-state index contributed by atoms with van der Waals surface area (Å²) >= 11 is 5.65. The molecule has 2 amide bonds. The van der Waals surface area contributed by atoms with E-state index in [1.807, 2.05) is 0 Å². The van der Waals surface area contributed by atoms with Gasteiger partial charge in [-0.05, 0) is 0 Å². The van der Waals surface area contributed by atoms with E-state index in [1.54, 1.807) is 0 Å². The minimum Gasteiger partial charge on any atom is -0.327 e. The number of alkyl halides is 1. The molecule has 0 aromatic carbocycles. The maximum Gasteiger partial charge on any atom is 0.320 e. The largest absolute Gasteiger partial charge is 0.327 e. The van der Waals surface area contributed by atoms with E-state index in [9.17, 15) is 4.79 Å². The molecule has 1 saturated heterocycles. The second kappa shape index (κ2) is 2.35. The van der Waals surface area contributed by atoms with Gasteiger partial charge < -0.3 is 5.32 Å². The van der Waals surface area contributed by atoms with Gasteiger partial charge in [0, 0.05) is 6.54 Å². The number of carbonyl (C=O) groups is 1. The van der Waals surface area contributed by atoms with Gasteiger partial charge in [0.15, 0.2) is 5.62 Å². The number of nitrogens with one attached hydrogen (secondary N) is 3. The van der Waals surface area contributed by atoms with E-state index in [0.717, 1.165) is 0 Å². The normalized spacial score (nSPS) is 35.4. The van der Waals surface area contributed by atoms with Crippen LogP contribution in [0.3, 0.4) is 0 Å².